The Balaban J connectivity index is 1.75. The first-order valence-electron chi connectivity index (χ1n) is 7.73. The van der Waals surface area contributed by atoms with Gasteiger partial charge in [-0.15, -0.1) is 5.10 Å². The van der Waals surface area contributed by atoms with Crippen LogP contribution in [0.1, 0.15) is 18.6 Å². The minimum atomic E-state index is -0.548. The highest BCUT2D eigenvalue weighted by atomic mass is 127. The van der Waals surface area contributed by atoms with Crippen molar-refractivity contribution in [3.63, 3.8) is 0 Å². The van der Waals surface area contributed by atoms with Gasteiger partial charge in [-0.1, -0.05) is 47.7 Å². The van der Waals surface area contributed by atoms with E-state index in [1.54, 1.807) is 7.05 Å². The Morgan fingerprint density at radius 3 is 2.52 bits per heavy atom. The Bertz CT molecular complexity index is 863. The maximum absolute atomic E-state index is 12.3. The Hall–Kier alpha value is -2.42. The summed E-state index contributed by atoms with van der Waals surface area (Å²) >= 11 is 2.24. The van der Waals surface area contributed by atoms with E-state index in [0.29, 0.717) is 11.5 Å². The molecule has 0 unspecified atom stereocenters. The number of carbonyl (C=O) groups is 1. The molecular weight excluding hydrogens is 431 g/mol. The molecule has 1 amide bonds. The summed E-state index contributed by atoms with van der Waals surface area (Å²) < 4.78 is 8.09. The van der Waals surface area contributed by atoms with Crippen LogP contribution in [0.4, 0.5) is 10.6 Å². The second-order valence-corrected chi connectivity index (χ2v) is 6.75. The normalized spacial score (nSPS) is 11.8. The number of rotatable bonds is 4. The van der Waals surface area contributed by atoms with Crippen molar-refractivity contribution in [1.82, 2.24) is 15.0 Å². The van der Waals surface area contributed by atoms with Crippen LogP contribution in [-0.4, -0.2) is 21.1 Å². The largest absolute Gasteiger partial charge is 0.441 e. The van der Waals surface area contributed by atoms with Gasteiger partial charge in [0.1, 0.15) is 11.8 Å². The van der Waals surface area contributed by atoms with Crippen LogP contribution in [0.25, 0.3) is 11.3 Å². The van der Waals surface area contributed by atoms with E-state index in [0.717, 1.165) is 14.7 Å². The molecule has 0 bridgehead atoms. The van der Waals surface area contributed by atoms with Crippen molar-refractivity contribution in [3.8, 4) is 11.3 Å². The zero-order chi connectivity index (χ0) is 17.8. The maximum atomic E-state index is 12.3. The molecule has 0 aliphatic rings. The quantitative estimate of drug-likeness (QED) is 0.601. The van der Waals surface area contributed by atoms with Crippen molar-refractivity contribution in [3.05, 3.63) is 63.7 Å². The molecule has 1 aromatic heterocycles. The summed E-state index contributed by atoms with van der Waals surface area (Å²) in [6.07, 6.45) is -0.905. The summed E-state index contributed by atoms with van der Waals surface area (Å²) in [7, 11) is 1.72. The lowest BCUT2D eigenvalue weighted by Crippen LogP contribution is -2.18. The summed E-state index contributed by atoms with van der Waals surface area (Å²) in [6.45, 7) is 1.83. The Morgan fingerprint density at radius 2 is 1.84 bits per heavy atom. The lowest BCUT2D eigenvalue weighted by molar-refractivity contribution is 0.121. The van der Waals surface area contributed by atoms with E-state index in [9.17, 15) is 4.79 Å². The minimum Gasteiger partial charge on any atom is -0.441 e. The van der Waals surface area contributed by atoms with Gasteiger partial charge < -0.3 is 4.74 Å². The molecule has 2 aromatic carbocycles. The molecular formula is C18H17IN4O2. The van der Waals surface area contributed by atoms with E-state index in [1.165, 1.54) is 4.68 Å². The van der Waals surface area contributed by atoms with Crippen molar-refractivity contribution >= 4 is 34.5 Å². The average Bonchev–Trinajstić information content (AvgIpc) is 2.97. The SMILES string of the molecule is C[C@@H](OC(=O)Nc1c(-c2ccc(I)cc2)nnn1C)c1ccccc1. The Labute approximate surface area is 159 Å². The van der Waals surface area contributed by atoms with Crippen LogP contribution >= 0.6 is 22.6 Å². The average molecular weight is 448 g/mol. The monoisotopic (exact) mass is 448 g/mol. The number of aryl methyl sites for hydroxylation is 1. The molecule has 6 nitrogen and oxygen atoms in total. The Kier molecular flexibility index (Phi) is 5.32. The number of hydrogen-bond donors (Lipinski definition) is 1. The number of carbonyl (C=O) groups excluding carboxylic acids is 1. The van der Waals surface area contributed by atoms with E-state index >= 15 is 0 Å². The number of amides is 1. The molecule has 0 spiro atoms. The fourth-order valence-corrected chi connectivity index (χ4v) is 2.74. The Morgan fingerprint density at radius 1 is 1.16 bits per heavy atom. The molecule has 1 heterocycles. The predicted octanol–water partition coefficient (Wildman–Crippen LogP) is 4.40. The zero-order valence-electron chi connectivity index (χ0n) is 13.8. The van der Waals surface area contributed by atoms with Crippen molar-refractivity contribution in [2.45, 2.75) is 13.0 Å². The van der Waals surface area contributed by atoms with Crippen molar-refractivity contribution in [2.75, 3.05) is 5.32 Å². The van der Waals surface area contributed by atoms with Gasteiger partial charge >= 0.3 is 6.09 Å². The highest BCUT2D eigenvalue weighted by Gasteiger charge is 2.18. The van der Waals surface area contributed by atoms with Crippen LogP contribution in [0, 0.1) is 3.57 Å². The number of halogens is 1. The summed E-state index contributed by atoms with van der Waals surface area (Å²) in [6, 6.07) is 17.4. The number of nitrogens with one attached hydrogen (secondary N) is 1. The van der Waals surface area contributed by atoms with Gasteiger partial charge in [0.15, 0.2) is 5.82 Å². The molecule has 3 rings (SSSR count). The first kappa shape index (κ1) is 17.4. The van der Waals surface area contributed by atoms with Crippen LogP contribution in [0.3, 0.4) is 0 Å². The summed E-state index contributed by atoms with van der Waals surface area (Å²) in [4.78, 5) is 12.3. The number of benzene rings is 2. The molecule has 0 saturated carbocycles. The van der Waals surface area contributed by atoms with Crippen LogP contribution in [0.5, 0.6) is 0 Å². The minimum absolute atomic E-state index is 0.357. The summed E-state index contributed by atoms with van der Waals surface area (Å²) in [5.74, 6) is 0.492. The number of anilines is 1. The van der Waals surface area contributed by atoms with Crippen LogP contribution in [0.15, 0.2) is 54.6 Å². The lowest BCUT2D eigenvalue weighted by atomic mass is 10.1. The number of aromatic nitrogens is 3. The van der Waals surface area contributed by atoms with Gasteiger partial charge in [-0.2, -0.15) is 0 Å². The standard InChI is InChI=1S/C18H17IN4O2/c1-12(13-6-4-3-5-7-13)25-18(24)20-17-16(21-22-23(17)2)14-8-10-15(19)11-9-14/h3-12H,1-2H3,(H,20,24)/t12-/m1/s1. The number of nitrogens with zero attached hydrogens (tertiary/aromatic N) is 3. The molecule has 3 aromatic rings. The fraction of sp³-hybridized carbons (Fsp3) is 0.167. The molecule has 0 fully saturated rings. The number of ether oxygens (including phenoxy) is 1. The van der Waals surface area contributed by atoms with Gasteiger partial charge in [-0.3, -0.25) is 5.32 Å². The van der Waals surface area contributed by atoms with Gasteiger partial charge in [0, 0.05) is 16.2 Å². The molecule has 0 radical (unpaired) electrons. The van der Waals surface area contributed by atoms with Gasteiger partial charge in [-0.05, 0) is 47.2 Å². The highest BCUT2D eigenvalue weighted by Crippen LogP contribution is 2.26. The van der Waals surface area contributed by atoms with E-state index in [1.807, 2.05) is 61.5 Å². The molecule has 7 heteroatoms. The van der Waals surface area contributed by atoms with E-state index in [4.69, 9.17) is 4.74 Å². The van der Waals surface area contributed by atoms with Crippen LogP contribution in [-0.2, 0) is 11.8 Å². The summed E-state index contributed by atoms with van der Waals surface area (Å²) in [5.41, 5.74) is 2.40. The predicted molar refractivity (Wildman–Crippen MR) is 104 cm³/mol. The number of hydrogen-bond acceptors (Lipinski definition) is 4. The van der Waals surface area contributed by atoms with Crippen LogP contribution in [0.2, 0.25) is 0 Å². The van der Waals surface area contributed by atoms with Gasteiger partial charge in [0.2, 0.25) is 0 Å². The van der Waals surface area contributed by atoms with E-state index in [-0.39, 0.29) is 6.10 Å². The second-order valence-electron chi connectivity index (χ2n) is 5.50. The smallest absolute Gasteiger partial charge is 0.413 e. The van der Waals surface area contributed by atoms with Gasteiger partial charge in [-0.25, -0.2) is 9.48 Å². The van der Waals surface area contributed by atoms with Crippen molar-refractivity contribution < 1.29 is 9.53 Å². The molecule has 0 aliphatic heterocycles. The van der Waals surface area contributed by atoms with Crippen molar-refractivity contribution in [2.24, 2.45) is 7.05 Å². The molecule has 25 heavy (non-hydrogen) atoms. The van der Waals surface area contributed by atoms with Crippen molar-refractivity contribution in [1.29, 1.82) is 0 Å². The third-order valence-electron chi connectivity index (χ3n) is 3.72. The van der Waals surface area contributed by atoms with E-state index in [2.05, 4.69) is 38.2 Å². The zero-order valence-corrected chi connectivity index (χ0v) is 16.0. The van der Waals surface area contributed by atoms with Gasteiger partial charge in [0.05, 0.1) is 0 Å². The molecule has 1 atom stereocenters. The fourth-order valence-electron chi connectivity index (χ4n) is 2.38. The lowest BCUT2D eigenvalue weighted by Gasteiger charge is -2.14. The second kappa shape index (κ2) is 7.64. The molecule has 128 valence electrons. The molecule has 1 N–H and O–H groups in total. The van der Waals surface area contributed by atoms with Gasteiger partial charge in [0.25, 0.3) is 0 Å². The topological polar surface area (TPSA) is 69.0 Å². The van der Waals surface area contributed by atoms with E-state index < -0.39 is 6.09 Å². The first-order chi connectivity index (χ1) is 12.0. The molecule has 0 saturated heterocycles. The third-order valence-corrected chi connectivity index (χ3v) is 4.44. The highest BCUT2D eigenvalue weighted by molar-refractivity contribution is 14.1. The molecule has 0 aliphatic carbocycles. The third kappa shape index (κ3) is 4.16. The first-order valence-corrected chi connectivity index (χ1v) is 8.80. The van der Waals surface area contributed by atoms with Crippen LogP contribution < -0.4 is 5.32 Å². The maximum Gasteiger partial charge on any atom is 0.413 e. The summed E-state index contributed by atoms with van der Waals surface area (Å²) in [5, 5.41) is 10.9.